The first kappa shape index (κ1) is 26.7. The van der Waals surface area contributed by atoms with Crippen LogP contribution in [0.25, 0.3) is 10.8 Å². The fourth-order valence-corrected chi connectivity index (χ4v) is 3.91. The second-order valence-corrected chi connectivity index (χ2v) is 9.64. The maximum atomic E-state index is 13.6. The van der Waals surface area contributed by atoms with Crippen LogP contribution in [-0.2, 0) is 14.3 Å². The number of likely N-dealkylation sites (N-methyl/N-ethyl adjacent to an activating group) is 1. The molecule has 2 unspecified atom stereocenters. The number of ether oxygens (including phenoxy) is 1. The van der Waals surface area contributed by atoms with E-state index in [1.54, 1.807) is 39.0 Å². The van der Waals surface area contributed by atoms with Crippen LogP contribution in [0.5, 0.6) is 0 Å². The molecule has 8 nitrogen and oxygen atoms in total. The SMILES string of the molecule is Cc1ccccc1C(C(=O)Nc1ccc2ccccc2c1)N(C)C(=O)C(CO)NC(=O)OC(C)(C)C. The van der Waals surface area contributed by atoms with E-state index in [0.29, 0.717) is 11.3 Å². The number of amides is 3. The van der Waals surface area contributed by atoms with Gasteiger partial charge in [0.25, 0.3) is 5.91 Å². The smallest absolute Gasteiger partial charge is 0.408 e. The Morgan fingerprint density at radius 2 is 1.61 bits per heavy atom. The number of aliphatic hydroxyl groups excluding tert-OH is 1. The number of nitrogens with zero attached hydrogens (tertiary/aromatic N) is 1. The number of nitrogens with one attached hydrogen (secondary N) is 2. The third kappa shape index (κ3) is 6.60. The van der Waals surface area contributed by atoms with Crippen LogP contribution in [0.2, 0.25) is 0 Å². The summed E-state index contributed by atoms with van der Waals surface area (Å²) in [7, 11) is 1.47. The van der Waals surface area contributed by atoms with E-state index < -0.39 is 42.2 Å². The van der Waals surface area contributed by atoms with Crippen molar-refractivity contribution in [3.05, 3.63) is 77.9 Å². The summed E-state index contributed by atoms with van der Waals surface area (Å²) in [6.07, 6.45) is -0.837. The molecule has 0 radical (unpaired) electrons. The van der Waals surface area contributed by atoms with Crippen LogP contribution >= 0.6 is 0 Å². The summed E-state index contributed by atoms with van der Waals surface area (Å²) in [6.45, 7) is 6.28. The van der Waals surface area contributed by atoms with Crippen LogP contribution in [0.15, 0.2) is 66.7 Å². The molecule has 0 aliphatic carbocycles. The highest BCUT2D eigenvalue weighted by Crippen LogP contribution is 2.27. The zero-order valence-corrected chi connectivity index (χ0v) is 21.2. The van der Waals surface area contributed by atoms with Gasteiger partial charge in [0.1, 0.15) is 17.7 Å². The molecule has 8 heteroatoms. The predicted molar refractivity (Wildman–Crippen MR) is 140 cm³/mol. The Morgan fingerprint density at radius 1 is 0.972 bits per heavy atom. The molecule has 3 amide bonds. The first-order valence-electron chi connectivity index (χ1n) is 11.7. The van der Waals surface area contributed by atoms with E-state index in [-0.39, 0.29) is 0 Å². The molecule has 0 heterocycles. The molecule has 0 spiro atoms. The minimum atomic E-state index is -1.29. The summed E-state index contributed by atoms with van der Waals surface area (Å²) in [5.74, 6) is -1.06. The molecule has 3 aromatic carbocycles. The number of hydrogen-bond donors (Lipinski definition) is 3. The molecule has 0 saturated heterocycles. The van der Waals surface area contributed by atoms with Crippen LogP contribution in [0, 0.1) is 6.92 Å². The van der Waals surface area contributed by atoms with Gasteiger partial charge in [0.15, 0.2) is 0 Å². The van der Waals surface area contributed by atoms with Crippen LogP contribution in [0.1, 0.15) is 37.9 Å². The Kier molecular flexibility index (Phi) is 8.32. The Balaban J connectivity index is 1.89. The van der Waals surface area contributed by atoms with Crippen molar-refractivity contribution >= 4 is 34.4 Å². The quantitative estimate of drug-likeness (QED) is 0.460. The van der Waals surface area contributed by atoms with Crippen LogP contribution < -0.4 is 10.6 Å². The number of aryl methyl sites for hydroxylation is 1. The highest BCUT2D eigenvalue weighted by atomic mass is 16.6. The topological polar surface area (TPSA) is 108 Å². The zero-order chi connectivity index (χ0) is 26.5. The van der Waals surface area contributed by atoms with E-state index in [1.807, 2.05) is 55.5 Å². The molecule has 36 heavy (non-hydrogen) atoms. The van der Waals surface area contributed by atoms with Gasteiger partial charge in [-0.3, -0.25) is 9.59 Å². The minimum absolute atomic E-state index is 0.426. The van der Waals surface area contributed by atoms with Gasteiger partial charge in [0, 0.05) is 12.7 Å². The molecule has 0 bridgehead atoms. The van der Waals surface area contributed by atoms with Crippen molar-refractivity contribution in [1.29, 1.82) is 0 Å². The lowest BCUT2D eigenvalue weighted by Crippen LogP contribution is -2.52. The number of aliphatic hydroxyl groups is 1. The van der Waals surface area contributed by atoms with Crippen molar-refractivity contribution in [3.63, 3.8) is 0 Å². The highest BCUT2D eigenvalue weighted by molar-refractivity contribution is 6.00. The standard InChI is InChI=1S/C28H33N3O5/c1-18-10-6-9-13-22(18)24(25(33)29-21-15-14-19-11-7-8-12-20(19)16-21)31(5)26(34)23(17-32)30-27(35)36-28(2,3)4/h6-16,23-24,32H,17H2,1-5H3,(H,29,33)(H,30,35). The molecule has 0 aromatic heterocycles. The van der Waals surface area contributed by atoms with Crippen molar-refractivity contribution in [3.8, 4) is 0 Å². The second kappa shape index (κ2) is 11.2. The van der Waals surface area contributed by atoms with Gasteiger partial charge in [-0.2, -0.15) is 0 Å². The van der Waals surface area contributed by atoms with Crippen molar-refractivity contribution in [1.82, 2.24) is 10.2 Å². The Bertz CT molecular complexity index is 1250. The number of hydrogen-bond acceptors (Lipinski definition) is 5. The first-order chi connectivity index (χ1) is 17.0. The fourth-order valence-electron chi connectivity index (χ4n) is 3.91. The van der Waals surface area contributed by atoms with E-state index in [2.05, 4.69) is 10.6 Å². The van der Waals surface area contributed by atoms with Crippen LogP contribution in [-0.4, -0.2) is 53.2 Å². The van der Waals surface area contributed by atoms with Gasteiger partial charge in [-0.25, -0.2) is 4.79 Å². The molecular weight excluding hydrogens is 458 g/mol. The van der Waals surface area contributed by atoms with Crippen molar-refractivity contribution in [2.75, 3.05) is 19.0 Å². The normalized spacial score (nSPS) is 12.9. The first-order valence-corrected chi connectivity index (χ1v) is 11.7. The Hall–Kier alpha value is -3.91. The Labute approximate surface area is 211 Å². The van der Waals surface area contributed by atoms with Crippen LogP contribution in [0.3, 0.4) is 0 Å². The van der Waals surface area contributed by atoms with Gasteiger partial charge in [0.2, 0.25) is 5.91 Å². The summed E-state index contributed by atoms with van der Waals surface area (Å²) in [6, 6.07) is 18.3. The van der Waals surface area contributed by atoms with Crippen molar-refractivity contribution < 1.29 is 24.2 Å². The van der Waals surface area contributed by atoms with Gasteiger partial charge in [0.05, 0.1) is 6.61 Å². The lowest BCUT2D eigenvalue weighted by Gasteiger charge is -2.31. The number of alkyl carbamates (subject to hydrolysis) is 1. The molecule has 3 aromatic rings. The summed E-state index contributed by atoms with van der Waals surface area (Å²) in [5.41, 5.74) is 1.25. The molecule has 3 N–H and O–H groups in total. The Morgan fingerprint density at radius 3 is 2.25 bits per heavy atom. The highest BCUT2D eigenvalue weighted by Gasteiger charge is 2.34. The average molecular weight is 492 g/mol. The summed E-state index contributed by atoms with van der Waals surface area (Å²) in [4.78, 5) is 40.4. The monoisotopic (exact) mass is 491 g/mol. The lowest BCUT2D eigenvalue weighted by atomic mass is 9.98. The van der Waals surface area contributed by atoms with Crippen LogP contribution in [0.4, 0.5) is 10.5 Å². The maximum absolute atomic E-state index is 13.6. The molecule has 3 rings (SSSR count). The van der Waals surface area contributed by atoms with Gasteiger partial charge in [-0.15, -0.1) is 0 Å². The lowest BCUT2D eigenvalue weighted by molar-refractivity contribution is -0.139. The maximum Gasteiger partial charge on any atom is 0.408 e. The molecule has 0 saturated carbocycles. The minimum Gasteiger partial charge on any atom is -0.444 e. The third-order valence-electron chi connectivity index (χ3n) is 5.65. The van der Waals surface area contributed by atoms with E-state index in [9.17, 15) is 19.5 Å². The zero-order valence-electron chi connectivity index (χ0n) is 21.2. The summed E-state index contributed by atoms with van der Waals surface area (Å²) < 4.78 is 5.21. The number of carbonyl (C=O) groups is 3. The molecule has 0 fully saturated rings. The van der Waals surface area contributed by atoms with E-state index in [0.717, 1.165) is 16.3 Å². The predicted octanol–water partition coefficient (Wildman–Crippen LogP) is 4.17. The van der Waals surface area contributed by atoms with E-state index >= 15 is 0 Å². The van der Waals surface area contributed by atoms with Crippen molar-refractivity contribution in [2.24, 2.45) is 0 Å². The average Bonchev–Trinajstić information content (AvgIpc) is 2.82. The van der Waals surface area contributed by atoms with Gasteiger partial charge in [-0.05, 0) is 61.7 Å². The number of anilines is 1. The number of fused-ring (bicyclic) bond motifs is 1. The number of rotatable bonds is 7. The van der Waals surface area contributed by atoms with Gasteiger partial charge >= 0.3 is 6.09 Å². The second-order valence-electron chi connectivity index (χ2n) is 9.64. The summed E-state index contributed by atoms with van der Waals surface area (Å²) in [5, 5.41) is 17.2. The van der Waals surface area contributed by atoms with Gasteiger partial charge in [-0.1, -0.05) is 54.6 Å². The van der Waals surface area contributed by atoms with E-state index in [4.69, 9.17) is 4.74 Å². The van der Waals surface area contributed by atoms with E-state index in [1.165, 1.54) is 11.9 Å². The fraction of sp³-hybridized carbons (Fsp3) is 0.321. The summed E-state index contributed by atoms with van der Waals surface area (Å²) >= 11 is 0. The third-order valence-corrected chi connectivity index (χ3v) is 5.65. The molecule has 2 atom stereocenters. The molecule has 190 valence electrons. The largest absolute Gasteiger partial charge is 0.444 e. The molecule has 0 aliphatic heterocycles. The molecular formula is C28H33N3O5. The molecule has 0 aliphatic rings. The van der Waals surface area contributed by atoms with Gasteiger partial charge < -0.3 is 25.4 Å². The number of carbonyl (C=O) groups excluding carboxylic acids is 3. The van der Waals surface area contributed by atoms with Crippen molar-refractivity contribution in [2.45, 2.75) is 45.4 Å². The number of benzene rings is 3.